The van der Waals surface area contributed by atoms with E-state index in [0.29, 0.717) is 13.1 Å². The van der Waals surface area contributed by atoms with Gasteiger partial charge in [-0.15, -0.1) is 24.0 Å². The minimum Gasteiger partial charge on any atom is -0.388 e. The summed E-state index contributed by atoms with van der Waals surface area (Å²) in [5.41, 5.74) is 0.244. The van der Waals surface area contributed by atoms with Crippen molar-refractivity contribution >= 4 is 29.9 Å². The fourth-order valence-electron chi connectivity index (χ4n) is 2.87. The maximum Gasteiger partial charge on any atom is 0.194 e. The van der Waals surface area contributed by atoms with Crippen molar-refractivity contribution in [1.82, 2.24) is 10.2 Å². The molecule has 0 unspecified atom stereocenters. The van der Waals surface area contributed by atoms with Crippen LogP contribution in [0.3, 0.4) is 0 Å². The lowest BCUT2D eigenvalue weighted by Gasteiger charge is -2.25. The largest absolute Gasteiger partial charge is 0.388 e. The van der Waals surface area contributed by atoms with Gasteiger partial charge < -0.3 is 15.3 Å². The van der Waals surface area contributed by atoms with Crippen molar-refractivity contribution in [2.24, 2.45) is 4.99 Å². The maximum atomic E-state index is 13.3. The molecule has 1 aromatic carbocycles. The number of nitrogens with one attached hydrogen (secondary N) is 1. The molecule has 23 heavy (non-hydrogen) atoms. The Kier molecular flexibility index (Phi) is 8.25. The summed E-state index contributed by atoms with van der Waals surface area (Å²) in [4.78, 5) is 6.53. The summed E-state index contributed by atoms with van der Waals surface area (Å²) in [5.74, 6) is 0.514. The average molecular weight is 435 g/mol. The highest BCUT2D eigenvalue weighted by atomic mass is 127. The van der Waals surface area contributed by atoms with Gasteiger partial charge in [-0.3, -0.25) is 4.99 Å². The van der Waals surface area contributed by atoms with Crippen LogP contribution in [-0.4, -0.2) is 41.7 Å². The molecule has 0 amide bonds. The Labute approximate surface area is 155 Å². The van der Waals surface area contributed by atoms with E-state index in [9.17, 15) is 9.50 Å². The molecule has 0 saturated heterocycles. The van der Waals surface area contributed by atoms with E-state index in [2.05, 4.69) is 10.3 Å². The second-order valence-corrected chi connectivity index (χ2v) is 6.09. The van der Waals surface area contributed by atoms with Gasteiger partial charge in [-0.25, -0.2) is 4.39 Å². The van der Waals surface area contributed by atoms with Crippen molar-refractivity contribution in [2.45, 2.75) is 44.8 Å². The summed E-state index contributed by atoms with van der Waals surface area (Å²) >= 11 is 0. The van der Waals surface area contributed by atoms with E-state index in [1.165, 1.54) is 12.1 Å². The number of hydrogen-bond donors (Lipinski definition) is 2. The fraction of sp³-hybridized carbons (Fsp3) is 0.588. The molecule has 0 radical (unpaired) electrons. The van der Waals surface area contributed by atoms with Crippen molar-refractivity contribution in [3.8, 4) is 0 Å². The smallest absolute Gasteiger partial charge is 0.194 e. The first-order valence-corrected chi connectivity index (χ1v) is 7.99. The maximum absolute atomic E-state index is 13.3. The van der Waals surface area contributed by atoms with Gasteiger partial charge in [-0.1, -0.05) is 25.0 Å². The zero-order valence-corrected chi connectivity index (χ0v) is 16.2. The predicted molar refractivity (Wildman–Crippen MR) is 103 cm³/mol. The summed E-state index contributed by atoms with van der Waals surface area (Å²) in [6.45, 7) is 3.76. The predicted octanol–water partition coefficient (Wildman–Crippen LogP) is 3.15. The third-order valence-corrected chi connectivity index (χ3v) is 4.06. The SMILES string of the molecule is CCNC(=NCC1(O)CCCC1)N(C)Cc1cccc(F)c1.I. The van der Waals surface area contributed by atoms with Gasteiger partial charge in [0.15, 0.2) is 5.96 Å². The molecule has 1 aromatic rings. The first-order valence-electron chi connectivity index (χ1n) is 7.99. The highest BCUT2D eigenvalue weighted by molar-refractivity contribution is 14.0. The molecule has 0 aliphatic heterocycles. The monoisotopic (exact) mass is 435 g/mol. The first kappa shape index (κ1) is 20.2. The number of benzene rings is 1. The van der Waals surface area contributed by atoms with Gasteiger partial charge in [-0.2, -0.15) is 0 Å². The van der Waals surface area contributed by atoms with E-state index >= 15 is 0 Å². The summed E-state index contributed by atoms with van der Waals surface area (Å²) in [7, 11) is 1.92. The van der Waals surface area contributed by atoms with E-state index in [0.717, 1.165) is 43.8 Å². The van der Waals surface area contributed by atoms with Crippen LogP contribution in [0.25, 0.3) is 0 Å². The molecule has 1 fully saturated rings. The van der Waals surface area contributed by atoms with Gasteiger partial charge >= 0.3 is 0 Å². The lowest BCUT2D eigenvalue weighted by molar-refractivity contribution is 0.0572. The van der Waals surface area contributed by atoms with Crippen molar-refractivity contribution in [1.29, 1.82) is 0 Å². The number of aliphatic hydroxyl groups is 1. The summed E-state index contributed by atoms with van der Waals surface area (Å²) in [6.07, 6.45) is 3.79. The molecule has 1 aliphatic rings. The summed E-state index contributed by atoms with van der Waals surface area (Å²) < 4.78 is 13.3. The van der Waals surface area contributed by atoms with E-state index in [4.69, 9.17) is 0 Å². The molecule has 0 heterocycles. The molecule has 2 rings (SSSR count). The second kappa shape index (κ2) is 9.42. The average Bonchev–Trinajstić information content (AvgIpc) is 2.90. The summed E-state index contributed by atoms with van der Waals surface area (Å²) in [5, 5.41) is 13.6. The van der Waals surface area contributed by atoms with Crippen LogP contribution in [-0.2, 0) is 6.54 Å². The number of nitrogens with zero attached hydrogens (tertiary/aromatic N) is 2. The number of guanidine groups is 1. The summed E-state index contributed by atoms with van der Waals surface area (Å²) in [6, 6.07) is 6.58. The highest BCUT2D eigenvalue weighted by Gasteiger charge is 2.30. The van der Waals surface area contributed by atoms with E-state index in [1.54, 1.807) is 6.07 Å². The number of hydrogen-bond acceptors (Lipinski definition) is 2. The number of aliphatic imine (C=N–C) groups is 1. The van der Waals surface area contributed by atoms with Gasteiger partial charge in [0.1, 0.15) is 5.82 Å². The third kappa shape index (κ3) is 6.25. The van der Waals surface area contributed by atoms with Crippen LogP contribution in [0.2, 0.25) is 0 Å². The van der Waals surface area contributed by atoms with Gasteiger partial charge in [0.05, 0.1) is 12.1 Å². The van der Waals surface area contributed by atoms with Crippen LogP contribution in [0.4, 0.5) is 4.39 Å². The molecular formula is C17H27FIN3O. The Morgan fingerprint density at radius 1 is 1.39 bits per heavy atom. The normalized spacial score (nSPS) is 16.8. The van der Waals surface area contributed by atoms with Gasteiger partial charge in [-0.05, 0) is 37.5 Å². The quantitative estimate of drug-likeness (QED) is 0.425. The van der Waals surface area contributed by atoms with Gasteiger partial charge in [0.25, 0.3) is 0 Å². The molecule has 6 heteroatoms. The third-order valence-electron chi connectivity index (χ3n) is 4.06. The molecule has 0 atom stereocenters. The van der Waals surface area contributed by atoms with Crippen LogP contribution in [0.15, 0.2) is 29.3 Å². The number of rotatable bonds is 5. The standard InChI is InChI=1S/C17H26FN3O.HI/c1-3-19-16(20-13-17(22)9-4-5-10-17)21(2)12-14-7-6-8-15(18)11-14;/h6-8,11,22H,3-5,9-10,12-13H2,1-2H3,(H,19,20);1H. The fourth-order valence-corrected chi connectivity index (χ4v) is 2.87. The molecular weight excluding hydrogens is 408 g/mol. The minimum atomic E-state index is -0.652. The first-order chi connectivity index (χ1) is 10.5. The van der Waals surface area contributed by atoms with Gasteiger partial charge in [0, 0.05) is 20.1 Å². The zero-order valence-electron chi connectivity index (χ0n) is 13.9. The molecule has 0 bridgehead atoms. The molecule has 1 aliphatic carbocycles. The van der Waals surface area contributed by atoms with Crippen LogP contribution in [0, 0.1) is 5.82 Å². The Morgan fingerprint density at radius 2 is 2.09 bits per heavy atom. The van der Waals surface area contributed by atoms with Crippen molar-refractivity contribution in [2.75, 3.05) is 20.1 Å². The lowest BCUT2D eigenvalue weighted by Crippen LogP contribution is -2.40. The Hall–Kier alpha value is -0.890. The molecule has 1 saturated carbocycles. The van der Waals surface area contributed by atoms with Crippen LogP contribution in [0.5, 0.6) is 0 Å². The van der Waals surface area contributed by atoms with Gasteiger partial charge in [0.2, 0.25) is 0 Å². The molecule has 0 spiro atoms. The van der Waals surface area contributed by atoms with Crippen LogP contribution in [0.1, 0.15) is 38.2 Å². The van der Waals surface area contributed by atoms with E-state index < -0.39 is 5.60 Å². The topological polar surface area (TPSA) is 47.9 Å². The Balaban J connectivity index is 0.00000264. The second-order valence-electron chi connectivity index (χ2n) is 6.09. The lowest BCUT2D eigenvalue weighted by atomic mass is 10.0. The molecule has 130 valence electrons. The Morgan fingerprint density at radius 3 is 2.70 bits per heavy atom. The Bertz CT molecular complexity index is 518. The van der Waals surface area contributed by atoms with Crippen molar-refractivity contribution < 1.29 is 9.50 Å². The van der Waals surface area contributed by atoms with E-state index in [1.807, 2.05) is 24.9 Å². The molecule has 0 aromatic heterocycles. The number of halogens is 2. The highest BCUT2D eigenvalue weighted by Crippen LogP contribution is 2.29. The van der Waals surface area contributed by atoms with Crippen molar-refractivity contribution in [3.63, 3.8) is 0 Å². The van der Waals surface area contributed by atoms with Crippen molar-refractivity contribution in [3.05, 3.63) is 35.6 Å². The van der Waals surface area contributed by atoms with Crippen LogP contribution >= 0.6 is 24.0 Å². The zero-order chi connectivity index (χ0) is 16.0. The minimum absolute atomic E-state index is 0. The molecule has 4 nitrogen and oxygen atoms in total. The van der Waals surface area contributed by atoms with Crippen LogP contribution < -0.4 is 5.32 Å². The molecule has 2 N–H and O–H groups in total. The van der Waals surface area contributed by atoms with E-state index in [-0.39, 0.29) is 29.8 Å².